The van der Waals surface area contributed by atoms with Crippen LogP contribution in [-0.4, -0.2) is 36.9 Å². The molecule has 0 aliphatic rings. The van der Waals surface area contributed by atoms with Crippen molar-refractivity contribution in [1.82, 2.24) is 25.1 Å². The van der Waals surface area contributed by atoms with Crippen molar-refractivity contribution in [3.8, 4) is 17.1 Å². The van der Waals surface area contributed by atoms with Crippen LogP contribution in [-0.2, 0) is 4.79 Å². The van der Waals surface area contributed by atoms with Gasteiger partial charge in [0.1, 0.15) is 0 Å². The molecule has 0 aliphatic heterocycles. The number of benzene rings is 1. The highest BCUT2D eigenvalue weighted by Gasteiger charge is 2.27. The lowest BCUT2D eigenvalue weighted by molar-refractivity contribution is -0.120. The minimum Gasteiger partial charge on any atom is -0.350 e. The number of nitrogens with zero attached hydrogens (tertiary/aromatic N) is 4. The van der Waals surface area contributed by atoms with Crippen LogP contribution in [0.25, 0.3) is 17.1 Å². The van der Waals surface area contributed by atoms with E-state index in [2.05, 4.69) is 55.1 Å². The summed E-state index contributed by atoms with van der Waals surface area (Å²) in [5.74, 6) is 0.983. The molecular weight excluding hydrogens is 394 g/mol. The van der Waals surface area contributed by atoms with E-state index in [1.807, 2.05) is 47.0 Å². The highest BCUT2D eigenvalue weighted by Crippen LogP contribution is 2.29. The lowest BCUT2D eigenvalue weighted by Crippen LogP contribution is -2.46. The summed E-state index contributed by atoms with van der Waals surface area (Å²) < 4.78 is 1.98. The molecule has 0 fully saturated rings. The average Bonchev–Trinajstić information content (AvgIpc) is 3.09. The summed E-state index contributed by atoms with van der Waals surface area (Å²) >= 11 is 1.39. The third-order valence-electron chi connectivity index (χ3n) is 4.37. The number of aromatic nitrogens is 4. The van der Waals surface area contributed by atoms with Gasteiger partial charge in [0.2, 0.25) is 5.91 Å². The van der Waals surface area contributed by atoms with Crippen LogP contribution >= 0.6 is 11.8 Å². The number of hydrogen-bond acceptors (Lipinski definition) is 5. The van der Waals surface area contributed by atoms with E-state index in [1.54, 1.807) is 12.4 Å². The molecule has 0 saturated carbocycles. The third-order valence-corrected chi connectivity index (χ3v) is 5.30. The molecule has 0 aliphatic carbocycles. The van der Waals surface area contributed by atoms with Crippen molar-refractivity contribution in [2.24, 2.45) is 5.41 Å². The van der Waals surface area contributed by atoms with Crippen molar-refractivity contribution in [3.05, 3.63) is 54.9 Å². The summed E-state index contributed by atoms with van der Waals surface area (Å²) in [5.41, 5.74) is 1.73. The summed E-state index contributed by atoms with van der Waals surface area (Å²) in [7, 11) is 0. The summed E-state index contributed by atoms with van der Waals surface area (Å²) in [5, 5.41) is 12.6. The van der Waals surface area contributed by atoms with Crippen molar-refractivity contribution in [2.45, 2.75) is 51.7 Å². The van der Waals surface area contributed by atoms with Crippen LogP contribution in [0.2, 0.25) is 0 Å². The maximum absolute atomic E-state index is 12.6. The Morgan fingerprint density at radius 1 is 1.00 bits per heavy atom. The number of thioether (sulfide) groups is 1. The summed E-state index contributed by atoms with van der Waals surface area (Å²) in [6, 6.07) is 13.7. The predicted molar refractivity (Wildman–Crippen MR) is 122 cm³/mol. The molecule has 1 amide bonds. The van der Waals surface area contributed by atoms with Gasteiger partial charge in [-0.25, -0.2) is 0 Å². The first-order chi connectivity index (χ1) is 14.1. The standard InChI is InChI=1S/C23H29N5OS/c1-22(2,3)16-23(4,5)25-19(29)15-30-21-27-26-20(17-11-13-24-14-12-17)28(21)18-9-7-6-8-10-18/h6-14H,15-16H2,1-5H3,(H,25,29). The van der Waals surface area contributed by atoms with E-state index in [9.17, 15) is 4.79 Å². The molecule has 0 spiro atoms. The highest BCUT2D eigenvalue weighted by atomic mass is 32.2. The monoisotopic (exact) mass is 423 g/mol. The van der Waals surface area contributed by atoms with Gasteiger partial charge in [0.15, 0.2) is 11.0 Å². The van der Waals surface area contributed by atoms with Crippen LogP contribution in [0.5, 0.6) is 0 Å². The average molecular weight is 424 g/mol. The zero-order chi connectivity index (χ0) is 21.8. The lowest BCUT2D eigenvalue weighted by Gasteiger charge is -2.33. The molecular formula is C23H29N5OS. The molecule has 2 aromatic heterocycles. The van der Waals surface area contributed by atoms with E-state index >= 15 is 0 Å². The van der Waals surface area contributed by atoms with Crippen LogP contribution in [0.15, 0.2) is 60.0 Å². The van der Waals surface area contributed by atoms with Crippen LogP contribution in [0.3, 0.4) is 0 Å². The van der Waals surface area contributed by atoms with Gasteiger partial charge in [-0.05, 0) is 49.9 Å². The minimum atomic E-state index is -0.273. The molecule has 158 valence electrons. The largest absolute Gasteiger partial charge is 0.350 e. The summed E-state index contributed by atoms with van der Waals surface area (Å²) in [4.78, 5) is 16.7. The molecule has 3 rings (SSSR count). The predicted octanol–water partition coefficient (Wildman–Crippen LogP) is 4.75. The van der Waals surface area contributed by atoms with Gasteiger partial charge >= 0.3 is 0 Å². The summed E-state index contributed by atoms with van der Waals surface area (Å²) in [6.45, 7) is 10.7. The Labute approximate surface area is 182 Å². The normalized spacial score (nSPS) is 12.0. The molecule has 0 saturated heterocycles. The second kappa shape index (κ2) is 9.00. The van der Waals surface area contributed by atoms with Gasteiger partial charge in [0, 0.05) is 29.2 Å². The van der Waals surface area contributed by atoms with Crippen LogP contribution in [0.4, 0.5) is 0 Å². The fourth-order valence-electron chi connectivity index (χ4n) is 3.77. The quantitative estimate of drug-likeness (QED) is 0.555. The SMILES string of the molecule is CC(C)(C)CC(C)(C)NC(=O)CSc1nnc(-c2ccncc2)n1-c1ccccc1. The van der Waals surface area contributed by atoms with Gasteiger partial charge in [-0.3, -0.25) is 14.3 Å². The van der Waals surface area contributed by atoms with E-state index in [-0.39, 0.29) is 22.6 Å². The Morgan fingerprint density at radius 3 is 2.30 bits per heavy atom. The van der Waals surface area contributed by atoms with Crippen LogP contribution < -0.4 is 5.32 Å². The number of nitrogens with one attached hydrogen (secondary N) is 1. The second-order valence-corrected chi connectivity index (χ2v) is 10.1. The number of carbonyl (C=O) groups excluding carboxylic acids is 1. The molecule has 0 atom stereocenters. The Bertz CT molecular complexity index is 978. The Morgan fingerprint density at radius 2 is 1.67 bits per heavy atom. The topological polar surface area (TPSA) is 72.7 Å². The molecule has 30 heavy (non-hydrogen) atoms. The first kappa shape index (κ1) is 22.0. The van der Waals surface area contributed by atoms with Crippen molar-refractivity contribution in [2.75, 3.05) is 5.75 Å². The number of amides is 1. The van der Waals surface area contributed by atoms with Gasteiger partial charge < -0.3 is 5.32 Å². The third kappa shape index (κ3) is 5.92. The van der Waals surface area contributed by atoms with Gasteiger partial charge in [-0.1, -0.05) is 50.7 Å². The van der Waals surface area contributed by atoms with Crippen molar-refractivity contribution < 1.29 is 4.79 Å². The van der Waals surface area contributed by atoms with Gasteiger partial charge in [-0.15, -0.1) is 10.2 Å². The molecule has 6 nitrogen and oxygen atoms in total. The van der Waals surface area contributed by atoms with E-state index in [0.29, 0.717) is 5.16 Å². The number of hydrogen-bond donors (Lipinski definition) is 1. The highest BCUT2D eigenvalue weighted by molar-refractivity contribution is 7.99. The first-order valence-electron chi connectivity index (χ1n) is 10.00. The van der Waals surface area contributed by atoms with E-state index < -0.39 is 0 Å². The van der Waals surface area contributed by atoms with Crippen molar-refractivity contribution in [3.63, 3.8) is 0 Å². The lowest BCUT2D eigenvalue weighted by atomic mass is 9.82. The number of carbonyl (C=O) groups is 1. The molecule has 0 bridgehead atoms. The first-order valence-corrected chi connectivity index (χ1v) is 11.0. The Kier molecular flexibility index (Phi) is 6.61. The van der Waals surface area contributed by atoms with Gasteiger partial charge in [0.25, 0.3) is 0 Å². The zero-order valence-corrected chi connectivity index (χ0v) is 19.0. The Hall–Kier alpha value is -2.67. The molecule has 1 N–H and O–H groups in total. The molecule has 0 unspecified atom stereocenters. The fourth-order valence-corrected chi connectivity index (χ4v) is 4.53. The van der Waals surface area contributed by atoms with E-state index in [4.69, 9.17) is 0 Å². The van der Waals surface area contributed by atoms with Gasteiger partial charge in [-0.2, -0.15) is 0 Å². The van der Waals surface area contributed by atoms with Gasteiger partial charge in [0.05, 0.1) is 5.75 Å². The number of para-hydroxylation sites is 1. The molecule has 3 aromatic rings. The van der Waals surface area contributed by atoms with E-state index in [0.717, 1.165) is 23.5 Å². The Balaban J connectivity index is 1.80. The molecule has 2 heterocycles. The summed E-state index contributed by atoms with van der Waals surface area (Å²) in [6.07, 6.45) is 4.36. The fraction of sp³-hybridized carbons (Fsp3) is 0.391. The van der Waals surface area contributed by atoms with Crippen molar-refractivity contribution in [1.29, 1.82) is 0 Å². The maximum atomic E-state index is 12.6. The second-order valence-electron chi connectivity index (χ2n) is 9.17. The minimum absolute atomic E-state index is 0.0117. The zero-order valence-electron chi connectivity index (χ0n) is 18.2. The number of pyridine rings is 1. The maximum Gasteiger partial charge on any atom is 0.230 e. The van der Waals surface area contributed by atoms with Crippen LogP contribution in [0, 0.1) is 5.41 Å². The van der Waals surface area contributed by atoms with E-state index in [1.165, 1.54) is 11.8 Å². The molecule has 1 aromatic carbocycles. The smallest absolute Gasteiger partial charge is 0.230 e. The molecule has 7 heteroatoms. The number of rotatable bonds is 7. The van der Waals surface area contributed by atoms with Crippen LogP contribution in [0.1, 0.15) is 41.0 Å². The van der Waals surface area contributed by atoms with Crippen molar-refractivity contribution >= 4 is 17.7 Å². The molecule has 0 radical (unpaired) electrons.